The van der Waals surface area contributed by atoms with E-state index in [9.17, 15) is 13.2 Å². The number of carbonyl (C=O) groups is 1. The zero-order valence-corrected chi connectivity index (χ0v) is 12.5. The number of rotatable bonds is 8. The molecule has 116 valence electrons. The van der Waals surface area contributed by atoms with E-state index >= 15 is 0 Å². The third kappa shape index (κ3) is 4.04. The fourth-order valence-electron chi connectivity index (χ4n) is 1.69. The molecule has 1 N–H and O–H groups in total. The van der Waals surface area contributed by atoms with E-state index in [0.717, 1.165) is 10.4 Å². The minimum absolute atomic E-state index is 0.00474. The van der Waals surface area contributed by atoms with E-state index in [-0.39, 0.29) is 36.8 Å². The number of carboxylic acid groups (broad SMARTS) is 1. The molecular weight excluding hydrogens is 300 g/mol. The molecule has 0 aliphatic rings. The van der Waals surface area contributed by atoms with E-state index in [1.54, 1.807) is 0 Å². The van der Waals surface area contributed by atoms with Gasteiger partial charge in [0.1, 0.15) is 10.7 Å². The van der Waals surface area contributed by atoms with E-state index in [2.05, 4.69) is 0 Å². The summed E-state index contributed by atoms with van der Waals surface area (Å²) in [5, 5.41) is 17.5. The summed E-state index contributed by atoms with van der Waals surface area (Å²) in [6.07, 6.45) is 0.0195. The van der Waals surface area contributed by atoms with Gasteiger partial charge >= 0.3 is 5.97 Å². The second kappa shape index (κ2) is 7.21. The van der Waals surface area contributed by atoms with E-state index in [0.29, 0.717) is 0 Å². The second-order valence-electron chi connectivity index (χ2n) is 4.14. The number of nitrogens with zero attached hydrogens (tertiary/aromatic N) is 2. The Morgan fingerprint density at radius 2 is 2.19 bits per heavy atom. The lowest BCUT2D eigenvalue weighted by molar-refractivity contribution is 0.0661. The van der Waals surface area contributed by atoms with Gasteiger partial charge in [-0.2, -0.15) is 9.57 Å². The van der Waals surface area contributed by atoms with Gasteiger partial charge in [0.15, 0.2) is 0 Å². The first-order valence-electron chi connectivity index (χ1n) is 6.04. The van der Waals surface area contributed by atoms with Crippen LogP contribution in [0.5, 0.6) is 0 Å². The van der Waals surface area contributed by atoms with Crippen molar-refractivity contribution in [3.8, 4) is 6.07 Å². The quantitative estimate of drug-likeness (QED) is 0.754. The smallest absolute Gasteiger partial charge is 0.371 e. The van der Waals surface area contributed by atoms with E-state index in [1.807, 2.05) is 6.07 Å². The van der Waals surface area contributed by atoms with Crippen molar-refractivity contribution in [2.45, 2.75) is 18.2 Å². The molecule has 1 heterocycles. The van der Waals surface area contributed by atoms with Crippen LogP contribution in [0, 0.1) is 18.3 Å². The summed E-state index contributed by atoms with van der Waals surface area (Å²) in [5.41, 5.74) is 0. The van der Waals surface area contributed by atoms with Gasteiger partial charge in [0.05, 0.1) is 12.7 Å². The Bertz CT molecular complexity index is 643. The molecule has 0 aromatic carbocycles. The number of aryl methyl sites for hydroxylation is 1. The summed E-state index contributed by atoms with van der Waals surface area (Å²) in [7, 11) is -2.51. The summed E-state index contributed by atoms with van der Waals surface area (Å²) in [6, 6.07) is 2.84. The number of nitriles is 1. The van der Waals surface area contributed by atoms with Crippen LogP contribution in [-0.4, -0.2) is 50.6 Å². The van der Waals surface area contributed by atoms with Crippen LogP contribution in [0.4, 0.5) is 0 Å². The highest BCUT2D eigenvalue weighted by molar-refractivity contribution is 7.89. The van der Waals surface area contributed by atoms with Gasteiger partial charge < -0.3 is 14.3 Å². The SMILES string of the molecule is COCCN(CCC#N)S(=O)(=O)c1cc(C(=O)O)oc1C. The molecule has 0 fully saturated rings. The zero-order chi connectivity index (χ0) is 16.0. The number of hydrogen-bond acceptors (Lipinski definition) is 6. The lowest BCUT2D eigenvalue weighted by Crippen LogP contribution is -2.34. The molecular formula is C12H16N2O6S. The molecule has 0 amide bonds. The first-order chi connectivity index (χ1) is 9.84. The molecule has 1 aromatic heterocycles. The van der Waals surface area contributed by atoms with Crippen molar-refractivity contribution in [1.29, 1.82) is 5.26 Å². The van der Waals surface area contributed by atoms with Crippen LogP contribution in [-0.2, 0) is 14.8 Å². The molecule has 1 aromatic rings. The zero-order valence-electron chi connectivity index (χ0n) is 11.7. The Hall–Kier alpha value is -1.89. The van der Waals surface area contributed by atoms with E-state index in [1.165, 1.54) is 14.0 Å². The molecule has 0 radical (unpaired) electrons. The summed E-state index contributed by atoms with van der Waals surface area (Å²) in [5.74, 6) is -1.80. The number of aromatic carboxylic acids is 1. The number of methoxy groups -OCH3 is 1. The average Bonchev–Trinajstić information content (AvgIpc) is 2.81. The predicted molar refractivity (Wildman–Crippen MR) is 71.3 cm³/mol. The van der Waals surface area contributed by atoms with Crippen LogP contribution in [0.2, 0.25) is 0 Å². The first kappa shape index (κ1) is 17.2. The van der Waals surface area contributed by atoms with Crippen LogP contribution in [0.1, 0.15) is 22.7 Å². The van der Waals surface area contributed by atoms with Crippen LogP contribution in [0.15, 0.2) is 15.4 Å². The predicted octanol–water partition coefficient (Wildman–Crippen LogP) is 0.837. The molecule has 9 heteroatoms. The van der Waals surface area contributed by atoms with Crippen LogP contribution in [0.3, 0.4) is 0 Å². The fourth-order valence-corrected chi connectivity index (χ4v) is 3.27. The Balaban J connectivity index is 3.15. The van der Waals surface area contributed by atoms with Crippen molar-refractivity contribution in [3.05, 3.63) is 17.6 Å². The maximum absolute atomic E-state index is 12.5. The van der Waals surface area contributed by atoms with Crippen LogP contribution >= 0.6 is 0 Å². The lowest BCUT2D eigenvalue weighted by Gasteiger charge is -2.20. The van der Waals surface area contributed by atoms with Crippen molar-refractivity contribution in [2.24, 2.45) is 0 Å². The second-order valence-corrected chi connectivity index (χ2v) is 6.05. The van der Waals surface area contributed by atoms with Gasteiger partial charge in [-0.3, -0.25) is 0 Å². The van der Waals surface area contributed by atoms with Gasteiger partial charge in [0.25, 0.3) is 0 Å². The number of sulfonamides is 1. The number of furan rings is 1. The molecule has 1 rings (SSSR count). The molecule has 21 heavy (non-hydrogen) atoms. The van der Waals surface area contributed by atoms with E-state index < -0.39 is 21.8 Å². The minimum atomic E-state index is -3.94. The first-order valence-corrected chi connectivity index (χ1v) is 7.48. The van der Waals surface area contributed by atoms with E-state index in [4.69, 9.17) is 19.5 Å². The highest BCUT2D eigenvalue weighted by atomic mass is 32.2. The standard InChI is InChI=1S/C12H16N2O6S/c1-9-11(8-10(20-9)12(15)16)21(17,18)14(5-3-4-13)6-7-19-2/h8H,3,5-7H2,1-2H3,(H,15,16). The largest absolute Gasteiger partial charge is 0.475 e. The molecule has 0 atom stereocenters. The van der Waals surface area contributed by atoms with Crippen molar-refractivity contribution in [3.63, 3.8) is 0 Å². The van der Waals surface area contributed by atoms with Gasteiger partial charge in [-0.1, -0.05) is 0 Å². The third-order valence-electron chi connectivity index (χ3n) is 2.72. The maximum atomic E-state index is 12.5. The highest BCUT2D eigenvalue weighted by Crippen LogP contribution is 2.23. The molecule has 0 unspecified atom stereocenters. The normalized spacial score (nSPS) is 11.5. The summed E-state index contributed by atoms with van der Waals surface area (Å²) >= 11 is 0. The lowest BCUT2D eigenvalue weighted by atomic mass is 10.4. The summed E-state index contributed by atoms with van der Waals surface area (Å²) < 4.78 is 35.9. The molecule has 0 saturated heterocycles. The van der Waals surface area contributed by atoms with Crippen molar-refractivity contribution < 1.29 is 27.5 Å². The molecule has 0 aliphatic heterocycles. The topological polar surface area (TPSA) is 121 Å². The molecule has 8 nitrogen and oxygen atoms in total. The third-order valence-corrected chi connectivity index (χ3v) is 4.72. The Morgan fingerprint density at radius 1 is 1.52 bits per heavy atom. The van der Waals surface area contributed by atoms with Crippen LogP contribution in [0.25, 0.3) is 0 Å². The molecule has 0 aliphatic carbocycles. The number of hydrogen-bond donors (Lipinski definition) is 1. The summed E-state index contributed by atoms with van der Waals surface area (Å²) in [4.78, 5) is 10.6. The van der Waals surface area contributed by atoms with Crippen molar-refractivity contribution >= 4 is 16.0 Å². The van der Waals surface area contributed by atoms with Gasteiger partial charge in [0, 0.05) is 32.7 Å². The maximum Gasteiger partial charge on any atom is 0.371 e. The Kier molecular flexibility index (Phi) is 5.90. The molecule has 0 bridgehead atoms. The Labute approximate surface area is 122 Å². The van der Waals surface area contributed by atoms with Gasteiger partial charge in [0.2, 0.25) is 15.8 Å². The van der Waals surface area contributed by atoms with Gasteiger partial charge in [-0.05, 0) is 6.92 Å². The number of carboxylic acids is 1. The fraction of sp³-hybridized carbons (Fsp3) is 0.500. The van der Waals surface area contributed by atoms with Gasteiger partial charge in [-0.15, -0.1) is 0 Å². The highest BCUT2D eigenvalue weighted by Gasteiger charge is 2.29. The monoisotopic (exact) mass is 316 g/mol. The molecule has 0 spiro atoms. The Morgan fingerprint density at radius 3 is 2.67 bits per heavy atom. The van der Waals surface area contributed by atoms with Crippen molar-refractivity contribution in [2.75, 3.05) is 26.8 Å². The summed E-state index contributed by atoms with van der Waals surface area (Å²) in [6.45, 7) is 1.59. The minimum Gasteiger partial charge on any atom is -0.475 e. The molecule has 0 saturated carbocycles. The van der Waals surface area contributed by atoms with Gasteiger partial charge in [-0.25, -0.2) is 13.2 Å². The average molecular weight is 316 g/mol. The number of ether oxygens (including phenoxy) is 1. The van der Waals surface area contributed by atoms with Crippen LogP contribution < -0.4 is 0 Å². The van der Waals surface area contributed by atoms with Crippen molar-refractivity contribution in [1.82, 2.24) is 4.31 Å².